The number of carbonyl (C=O) groups excluding carboxylic acids is 3. The Balaban J connectivity index is 1.78. The molecule has 0 bridgehead atoms. The summed E-state index contributed by atoms with van der Waals surface area (Å²) in [5.74, 6) is -1.65. The number of anilines is 1. The van der Waals surface area contributed by atoms with E-state index in [2.05, 4.69) is 21.2 Å². The van der Waals surface area contributed by atoms with Gasteiger partial charge in [-0.25, -0.2) is 14.6 Å². The SMILES string of the molecule is Cc1ccc(-c2cc(C(=O)Nc3cc(C(=O)OC(C)C)cc(C(=O)OC(C)C)c3)c3cc(Br)ccc3n2)cc1. The Hall–Kier alpha value is -4.04. The van der Waals surface area contributed by atoms with Crippen molar-refractivity contribution in [2.45, 2.75) is 46.8 Å². The largest absolute Gasteiger partial charge is 0.459 e. The van der Waals surface area contributed by atoms with Gasteiger partial charge in [0.1, 0.15) is 0 Å². The van der Waals surface area contributed by atoms with Crippen LogP contribution in [0.1, 0.15) is 64.3 Å². The number of ether oxygens (including phenoxy) is 2. The van der Waals surface area contributed by atoms with Gasteiger partial charge in [0, 0.05) is 21.1 Å². The maximum absolute atomic E-state index is 13.7. The summed E-state index contributed by atoms with van der Waals surface area (Å²) < 4.78 is 11.4. The molecule has 3 aromatic carbocycles. The van der Waals surface area contributed by atoms with Crippen LogP contribution in [0, 0.1) is 6.92 Å². The van der Waals surface area contributed by atoms with Gasteiger partial charge in [-0.2, -0.15) is 0 Å². The third kappa shape index (κ3) is 6.89. The summed E-state index contributed by atoms with van der Waals surface area (Å²) in [4.78, 5) is 43.9. The number of aryl methyl sites for hydroxylation is 1. The lowest BCUT2D eigenvalue weighted by molar-refractivity contribution is 0.0377. The van der Waals surface area contributed by atoms with E-state index in [0.717, 1.165) is 15.6 Å². The molecule has 0 spiro atoms. The van der Waals surface area contributed by atoms with E-state index in [-0.39, 0.29) is 29.0 Å². The summed E-state index contributed by atoms with van der Waals surface area (Å²) in [5.41, 5.74) is 4.17. The van der Waals surface area contributed by atoms with Crippen molar-refractivity contribution in [2.24, 2.45) is 0 Å². The molecule has 0 radical (unpaired) electrons. The molecule has 0 aliphatic heterocycles. The van der Waals surface area contributed by atoms with Gasteiger partial charge in [0.25, 0.3) is 5.91 Å². The molecule has 0 atom stereocenters. The van der Waals surface area contributed by atoms with Crippen molar-refractivity contribution >= 4 is 50.4 Å². The van der Waals surface area contributed by atoms with Crippen molar-refractivity contribution in [1.29, 1.82) is 0 Å². The monoisotopic (exact) mass is 588 g/mol. The maximum atomic E-state index is 13.7. The summed E-state index contributed by atoms with van der Waals surface area (Å²) in [5, 5.41) is 3.50. The van der Waals surface area contributed by atoms with Crippen LogP contribution in [0.25, 0.3) is 22.2 Å². The Morgan fingerprint density at radius 2 is 1.38 bits per heavy atom. The van der Waals surface area contributed by atoms with Crippen molar-refractivity contribution in [3.63, 3.8) is 0 Å². The molecule has 200 valence electrons. The lowest BCUT2D eigenvalue weighted by atomic mass is 10.0. The van der Waals surface area contributed by atoms with Crippen molar-refractivity contribution in [3.05, 3.63) is 93.5 Å². The Morgan fingerprint density at radius 1 is 0.795 bits per heavy atom. The van der Waals surface area contributed by atoms with Gasteiger partial charge in [-0.1, -0.05) is 45.8 Å². The van der Waals surface area contributed by atoms with Crippen LogP contribution in [0.15, 0.2) is 71.2 Å². The highest BCUT2D eigenvalue weighted by Gasteiger charge is 2.20. The van der Waals surface area contributed by atoms with Gasteiger partial charge >= 0.3 is 11.9 Å². The van der Waals surface area contributed by atoms with Crippen LogP contribution >= 0.6 is 15.9 Å². The number of amides is 1. The van der Waals surface area contributed by atoms with E-state index in [1.54, 1.807) is 33.8 Å². The van der Waals surface area contributed by atoms with Crippen molar-refractivity contribution in [1.82, 2.24) is 4.98 Å². The van der Waals surface area contributed by atoms with Gasteiger partial charge in [-0.05, 0) is 77.1 Å². The van der Waals surface area contributed by atoms with E-state index in [1.165, 1.54) is 18.2 Å². The van der Waals surface area contributed by atoms with E-state index >= 15 is 0 Å². The highest BCUT2D eigenvalue weighted by atomic mass is 79.9. The number of halogens is 1. The number of fused-ring (bicyclic) bond motifs is 1. The van der Waals surface area contributed by atoms with E-state index in [0.29, 0.717) is 22.2 Å². The second kappa shape index (κ2) is 11.8. The number of aromatic nitrogens is 1. The van der Waals surface area contributed by atoms with Crippen LogP contribution in [-0.4, -0.2) is 35.0 Å². The van der Waals surface area contributed by atoms with Gasteiger partial charge in [-0.15, -0.1) is 0 Å². The minimum absolute atomic E-state index is 0.125. The standard InChI is InChI=1S/C31H29BrN2O5/c1-17(2)38-30(36)21-12-22(31(37)39-18(3)4)14-24(13-21)33-29(35)26-16-28(20-8-6-19(5)7-9-20)34-27-11-10-23(32)15-25(26)27/h6-18H,1-5H3,(H,33,35). The van der Waals surface area contributed by atoms with E-state index < -0.39 is 17.8 Å². The Labute approximate surface area is 235 Å². The fourth-order valence-electron chi connectivity index (χ4n) is 3.96. The van der Waals surface area contributed by atoms with Gasteiger partial charge in [-0.3, -0.25) is 4.79 Å². The quantitative estimate of drug-likeness (QED) is 0.227. The zero-order chi connectivity index (χ0) is 28.3. The lowest BCUT2D eigenvalue weighted by Gasteiger charge is -2.14. The second-order valence-electron chi connectivity index (χ2n) is 9.74. The molecule has 8 heteroatoms. The molecular formula is C31H29BrN2O5. The molecule has 0 unspecified atom stereocenters. The van der Waals surface area contributed by atoms with Crippen LogP contribution < -0.4 is 5.32 Å². The smallest absolute Gasteiger partial charge is 0.338 e. The molecule has 0 fully saturated rings. The number of nitrogens with one attached hydrogen (secondary N) is 1. The fourth-order valence-corrected chi connectivity index (χ4v) is 4.32. The number of hydrogen-bond acceptors (Lipinski definition) is 6. The molecule has 1 N–H and O–H groups in total. The first kappa shape index (κ1) is 28.0. The number of esters is 2. The Kier molecular flexibility index (Phi) is 8.45. The predicted octanol–water partition coefficient (Wildman–Crippen LogP) is 7.36. The first-order valence-electron chi connectivity index (χ1n) is 12.6. The number of nitrogens with zero attached hydrogens (tertiary/aromatic N) is 1. The molecule has 0 aliphatic carbocycles. The average molecular weight is 589 g/mol. The van der Waals surface area contributed by atoms with E-state index in [4.69, 9.17) is 14.5 Å². The minimum atomic E-state index is -0.611. The van der Waals surface area contributed by atoms with Crippen LogP contribution in [0.2, 0.25) is 0 Å². The molecule has 0 saturated carbocycles. The van der Waals surface area contributed by atoms with Gasteiger partial charge in [0.2, 0.25) is 0 Å². The summed E-state index contributed by atoms with van der Waals surface area (Å²) >= 11 is 3.48. The number of benzene rings is 3. The predicted molar refractivity (Wildman–Crippen MR) is 155 cm³/mol. The summed E-state index contributed by atoms with van der Waals surface area (Å²) in [6, 6.07) is 19.5. The number of rotatable bonds is 7. The van der Waals surface area contributed by atoms with Crippen LogP contribution in [0.4, 0.5) is 5.69 Å². The first-order valence-corrected chi connectivity index (χ1v) is 13.3. The van der Waals surface area contributed by atoms with Crippen molar-refractivity contribution in [2.75, 3.05) is 5.32 Å². The molecule has 39 heavy (non-hydrogen) atoms. The highest BCUT2D eigenvalue weighted by molar-refractivity contribution is 9.10. The third-order valence-corrected chi connectivity index (χ3v) is 6.20. The second-order valence-corrected chi connectivity index (χ2v) is 10.7. The minimum Gasteiger partial charge on any atom is -0.459 e. The van der Waals surface area contributed by atoms with Crippen LogP contribution in [0.5, 0.6) is 0 Å². The number of carbonyl (C=O) groups is 3. The Bertz CT molecular complexity index is 1520. The highest BCUT2D eigenvalue weighted by Crippen LogP contribution is 2.29. The summed E-state index contributed by atoms with van der Waals surface area (Å²) in [6.45, 7) is 8.93. The van der Waals surface area contributed by atoms with Gasteiger partial charge < -0.3 is 14.8 Å². The van der Waals surface area contributed by atoms with Gasteiger partial charge in [0.05, 0.1) is 40.1 Å². The molecule has 7 nitrogen and oxygen atoms in total. The summed E-state index contributed by atoms with van der Waals surface area (Å²) in [6.07, 6.45) is -0.715. The van der Waals surface area contributed by atoms with Crippen molar-refractivity contribution < 1.29 is 23.9 Å². The number of pyridine rings is 1. The molecule has 1 aromatic heterocycles. The summed E-state index contributed by atoms with van der Waals surface area (Å²) in [7, 11) is 0. The van der Waals surface area contributed by atoms with Crippen LogP contribution in [0.3, 0.4) is 0 Å². The van der Waals surface area contributed by atoms with Gasteiger partial charge in [0.15, 0.2) is 0 Å². The Morgan fingerprint density at radius 3 is 1.95 bits per heavy atom. The van der Waals surface area contributed by atoms with Crippen molar-refractivity contribution in [3.8, 4) is 11.3 Å². The van der Waals surface area contributed by atoms with E-state index in [1.807, 2.05) is 49.4 Å². The molecule has 4 aromatic rings. The average Bonchev–Trinajstić information content (AvgIpc) is 2.87. The molecular weight excluding hydrogens is 560 g/mol. The molecule has 4 rings (SSSR count). The molecule has 0 saturated heterocycles. The lowest BCUT2D eigenvalue weighted by Crippen LogP contribution is -2.17. The molecule has 1 amide bonds. The maximum Gasteiger partial charge on any atom is 0.338 e. The zero-order valence-corrected chi connectivity index (χ0v) is 24.0. The normalized spacial score (nSPS) is 11.1. The topological polar surface area (TPSA) is 94.6 Å². The number of hydrogen-bond donors (Lipinski definition) is 1. The fraction of sp³-hybridized carbons (Fsp3) is 0.226. The van der Waals surface area contributed by atoms with Crippen LogP contribution in [-0.2, 0) is 9.47 Å². The molecule has 0 aliphatic rings. The van der Waals surface area contributed by atoms with E-state index in [9.17, 15) is 14.4 Å². The zero-order valence-electron chi connectivity index (χ0n) is 22.4. The first-order chi connectivity index (χ1) is 18.5. The third-order valence-electron chi connectivity index (χ3n) is 5.71. The molecule has 1 heterocycles.